The molecule has 1 atom stereocenters. The summed E-state index contributed by atoms with van der Waals surface area (Å²) in [5.41, 5.74) is 1.97. The fraction of sp³-hybridized carbons (Fsp3) is 0.312. The molecule has 0 aliphatic rings. The molecule has 22 heavy (non-hydrogen) atoms. The molecule has 2 rings (SSSR count). The first-order valence-corrected chi connectivity index (χ1v) is 7.10. The second-order valence-electron chi connectivity index (χ2n) is 5.08. The van der Waals surface area contributed by atoms with Crippen LogP contribution in [0.4, 0.5) is 5.69 Å². The highest BCUT2D eigenvalue weighted by molar-refractivity contribution is 5.35. The topological polar surface area (TPSA) is 79.5 Å². The minimum absolute atomic E-state index is 0.0273. The molecule has 1 aromatic carbocycles. The number of aromatic nitrogens is 1. The largest absolute Gasteiger partial charge is 0.395 e. The fourth-order valence-corrected chi connectivity index (χ4v) is 2.37. The third kappa shape index (κ3) is 4.09. The number of hydrogen-bond donors (Lipinski definition) is 1. The molecule has 1 aromatic heterocycles. The zero-order chi connectivity index (χ0) is 15.9. The molecule has 0 fully saturated rings. The van der Waals surface area contributed by atoms with Gasteiger partial charge in [0.15, 0.2) is 0 Å². The van der Waals surface area contributed by atoms with Crippen LogP contribution in [0.5, 0.6) is 0 Å². The number of rotatable bonds is 7. The van der Waals surface area contributed by atoms with E-state index in [1.54, 1.807) is 24.5 Å². The van der Waals surface area contributed by atoms with Gasteiger partial charge in [-0.2, -0.15) is 0 Å². The Bertz CT molecular complexity index is 619. The Hall–Kier alpha value is -2.31. The number of hydrogen-bond acceptors (Lipinski definition) is 5. The molecular weight excluding hydrogens is 282 g/mol. The lowest BCUT2D eigenvalue weighted by Gasteiger charge is -2.28. The molecule has 0 bridgehead atoms. The van der Waals surface area contributed by atoms with Crippen molar-refractivity contribution in [2.45, 2.75) is 19.5 Å². The SMILES string of the molecule is CC(c1cccc([N+](=O)[O-])c1)N(CCO)Cc1cccnc1. The van der Waals surface area contributed by atoms with Crippen molar-refractivity contribution in [3.8, 4) is 0 Å². The molecule has 0 saturated heterocycles. The lowest BCUT2D eigenvalue weighted by molar-refractivity contribution is -0.384. The second-order valence-corrected chi connectivity index (χ2v) is 5.08. The van der Waals surface area contributed by atoms with E-state index in [2.05, 4.69) is 9.88 Å². The van der Waals surface area contributed by atoms with E-state index in [1.807, 2.05) is 25.1 Å². The van der Waals surface area contributed by atoms with Gasteiger partial charge in [-0.1, -0.05) is 18.2 Å². The molecule has 1 N–H and O–H groups in total. The van der Waals surface area contributed by atoms with E-state index >= 15 is 0 Å². The van der Waals surface area contributed by atoms with E-state index in [1.165, 1.54) is 6.07 Å². The Morgan fingerprint density at radius 2 is 2.18 bits per heavy atom. The molecule has 0 spiro atoms. The first-order chi connectivity index (χ1) is 10.6. The van der Waals surface area contributed by atoms with E-state index in [9.17, 15) is 15.2 Å². The van der Waals surface area contributed by atoms with E-state index < -0.39 is 4.92 Å². The van der Waals surface area contributed by atoms with Crippen molar-refractivity contribution in [3.05, 3.63) is 70.0 Å². The summed E-state index contributed by atoms with van der Waals surface area (Å²) >= 11 is 0. The van der Waals surface area contributed by atoms with Crippen molar-refractivity contribution < 1.29 is 10.0 Å². The van der Waals surface area contributed by atoms with Gasteiger partial charge in [-0.25, -0.2) is 0 Å². The molecule has 116 valence electrons. The Labute approximate surface area is 129 Å². The standard InChI is InChI=1S/C16H19N3O3/c1-13(15-5-2-6-16(10-15)19(21)22)18(8-9-20)12-14-4-3-7-17-11-14/h2-7,10-11,13,20H,8-9,12H2,1H3. The van der Waals surface area contributed by atoms with E-state index in [4.69, 9.17) is 0 Å². The Balaban J connectivity index is 2.20. The summed E-state index contributed by atoms with van der Waals surface area (Å²) in [5.74, 6) is 0. The summed E-state index contributed by atoms with van der Waals surface area (Å²) < 4.78 is 0. The normalized spacial score (nSPS) is 12.3. The predicted molar refractivity (Wildman–Crippen MR) is 83.2 cm³/mol. The summed E-state index contributed by atoms with van der Waals surface area (Å²) in [4.78, 5) is 16.7. The molecule has 0 aliphatic heterocycles. The van der Waals surface area contributed by atoms with E-state index in [-0.39, 0.29) is 18.3 Å². The first-order valence-electron chi connectivity index (χ1n) is 7.10. The van der Waals surface area contributed by atoms with Crippen LogP contribution in [0.3, 0.4) is 0 Å². The van der Waals surface area contributed by atoms with Gasteiger partial charge in [0.25, 0.3) is 5.69 Å². The quantitative estimate of drug-likeness (QED) is 0.628. The van der Waals surface area contributed by atoms with Crippen LogP contribution in [0.1, 0.15) is 24.1 Å². The van der Waals surface area contributed by atoms with Crippen LogP contribution >= 0.6 is 0 Å². The zero-order valence-electron chi connectivity index (χ0n) is 12.4. The Morgan fingerprint density at radius 1 is 1.36 bits per heavy atom. The number of benzene rings is 1. The maximum absolute atomic E-state index is 10.9. The average Bonchev–Trinajstić information content (AvgIpc) is 2.55. The number of pyridine rings is 1. The van der Waals surface area contributed by atoms with Gasteiger partial charge in [0.1, 0.15) is 0 Å². The van der Waals surface area contributed by atoms with Crippen LogP contribution in [0.15, 0.2) is 48.8 Å². The second kappa shape index (κ2) is 7.63. The molecule has 1 unspecified atom stereocenters. The van der Waals surface area contributed by atoms with Gasteiger partial charge in [-0.3, -0.25) is 20.0 Å². The maximum atomic E-state index is 10.9. The van der Waals surface area contributed by atoms with Gasteiger partial charge in [0, 0.05) is 43.7 Å². The van der Waals surface area contributed by atoms with Crippen LogP contribution in [0, 0.1) is 10.1 Å². The molecule has 0 radical (unpaired) electrons. The fourth-order valence-electron chi connectivity index (χ4n) is 2.37. The van der Waals surface area contributed by atoms with Crippen molar-refractivity contribution >= 4 is 5.69 Å². The monoisotopic (exact) mass is 301 g/mol. The van der Waals surface area contributed by atoms with Gasteiger partial charge >= 0.3 is 0 Å². The number of aliphatic hydroxyl groups excluding tert-OH is 1. The number of nitro benzene ring substituents is 1. The van der Waals surface area contributed by atoms with Crippen LogP contribution in [-0.2, 0) is 6.54 Å². The summed E-state index contributed by atoms with van der Waals surface area (Å²) in [6.07, 6.45) is 3.49. The van der Waals surface area contributed by atoms with Crippen LogP contribution in [0.2, 0.25) is 0 Å². The van der Waals surface area contributed by atoms with Crippen molar-refractivity contribution in [2.75, 3.05) is 13.2 Å². The summed E-state index contributed by atoms with van der Waals surface area (Å²) in [7, 11) is 0. The highest BCUT2D eigenvalue weighted by Gasteiger charge is 2.18. The van der Waals surface area contributed by atoms with E-state index in [0.717, 1.165) is 11.1 Å². The van der Waals surface area contributed by atoms with Gasteiger partial charge in [0.2, 0.25) is 0 Å². The Morgan fingerprint density at radius 3 is 2.82 bits per heavy atom. The molecule has 6 heteroatoms. The number of non-ortho nitro benzene ring substituents is 1. The highest BCUT2D eigenvalue weighted by atomic mass is 16.6. The zero-order valence-corrected chi connectivity index (χ0v) is 12.4. The molecule has 1 heterocycles. The van der Waals surface area contributed by atoms with Crippen molar-refractivity contribution in [1.29, 1.82) is 0 Å². The molecule has 0 saturated carbocycles. The smallest absolute Gasteiger partial charge is 0.269 e. The molecule has 0 aliphatic carbocycles. The highest BCUT2D eigenvalue weighted by Crippen LogP contribution is 2.25. The Kier molecular flexibility index (Phi) is 5.57. The third-order valence-electron chi connectivity index (χ3n) is 3.61. The maximum Gasteiger partial charge on any atom is 0.269 e. The van der Waals surface area contributed by atoms with E-state index in [0.29, 0.717) is 13.1 Å². The first kappa shape index (κ1) is 16.1. The van der Waals surface area contributed by atoms with Crippen LogP contribution in [-0.4, -0.2) is 33.1 Å². The lowest BCUT2D eigenvalue weighted by Crippen LogP contribution is -2.29. The van der Waals surface area contributed by atoms with Gasteiger partial charge in [-0.15, -0.1) is 0 Å². The molecule has 6 nitrogen and oxygen atoms in total. The summed E-state index contributed by atoms with van der Waals surface area (Å²) in [6, 6.07) is 10.4. The number of nitro groups is 1. The minimum Gasteiger partial charge on any atom is -0.395 e. The summed E-state index contributed by atoms with van der Waals surface area (Å²) in [6.45, 7) is 3.11. The molecular formula is C16H19N3O3. The minimum atomic E-state index is -0.395. The third-order valence-corrected chi connectivity index (χ3v) is 3.61. The predicted octanol–water partition coefficient (Wildman–Crippen LogP) is 2.55. The van der Waals surface area contributed by atoms with Crippen molar-refractivity contribution in [1.82, 2.24) is 9.88 Å². The summed E-state index contributed by atoms with van der Waals surface area (Å²) in [5, 5.41) is 20.2. The van der Waals surface area contributed by atoms with Crippen molar-refractivity contribution in [2.24, 2.45) is 0 Å². The number of nitrogens with zero attached hydrogens (tertiary/aromatic N) is 3. The van der Waals surface area contributed by atoms with Gasteiger partial charge < -0.3 is 5.11 Å². The molecule has 2 aromatic rings. The lowest BCUT2D eigenvalue weighted by atomic mass is 10.1. The molecule has 0 amide bonds. The van der Waals surface area contributed by atoms with Crippen molar-refractivity contribution in [3.63, 3.8) is 0 Å². The average molecular weight is 301 g/mol. The van der Waals surface area contributed by atoms with Crippen LogP contribution < -0.4 is 0 Å². The van der Waals surface area contributed by atoms with Gasteiger partial charge in [-0.05, 0) is 24.1 Å². The van der Waals surface area contributed by atoms with Crippen LogP contribution in [0.25, 0.3) is 0 Å². The number of aliphatic hydroxyl groups is 1. The van der Waals surface area contributed by atoms with Gasteiger partial charge in [0.05, 0.1) is 11.5 Å².